The number of aromatic nitrogens is 1. The number of benzene rings is 1. The van der Waals surface area contributed by atoms with Crippen molar-refractivity contribution >= 4 is 5.97 Å². The van der Waals surface area contributed by atoms with Gasteiger partial charge >= 0.3 is 5.97 Å². The van der Waals surface area contributed by atoms with Gasteiger partial charge < -0.3 is 9.47 Å². The smallest absolute Gasteiger partial charge is 0.337 e. The standard InChI is InChI=1S/C13H11NO3/c1-16-13(15)10-4-6-11(7-5-10)17-12-3-2-8-14-9-12/h2-9H,1H3. The zero-order valence-electron chi connectivity index (χ0n) is 9.29. The van der Waals surface area contributed by atoms with Crippen LogP contribution in [0.4, 0.5) is 0 Å². The van der Waals surface area contributed by atoms with E-state index in [2.05, 4.69) is 9.72 Å². The second-order valence-corrected chi connectivity index (χ2v) is 3.31. The third-order valence-corrected chi connectivity index (χ3v) is 2.15. The average Bonchev–Trinajstić information content (AvgIpc) is 2.40. The number of rotatable bonds is 3. The van der Waals surface area contributed by atoms with Crippen molar-refractivity contribution < 1.29 is 14.3 Å². The SMILES string of the molecule is COC(=O)c1ccc(Oc2cccnc2)cc1. The Labute approximate surface area is 98.8 Å². The number of hydrogen-bond acceptors (Lipinski definition) is 4. The predicted octanol–water partition coefficient (Wildman–Crippen LogP) is 2.66. The predicted molar refractivity (Wildman–Crippen MR) is 62.1 cm³/mol. The summed E-state index contributed by atoms with van der Waals surface area (Å²) in [7, 11) is 1.35. The second-order valence-electron chi connectivity index (χ2n) is 3.31. The van der Waals surface area contributed by atoms with E-state index in [9.17, 15) is 4.79 Å². The lowest BCUT2D eigenvalue weighted by Crippen LogP contribution is -2.00. The zero-order chi connectivity index (χ0) is 12.1. The summed E-state index contributed by atoms with van der Waals surface area (Å²) >= 11 is 0. The summed E-state index contributed by atoms with van der Waals surface area (Å²) in [6.45, 7) is 0. The molecule has 0 aliphatic rings. The van der Waals surface area contributed by atoms with Crippen molar-refractivity contribution in [1.29, 1.82) is 0 Å². The number of methoxy groups -OCH3 is 1. The highest BCUT2D eigenvalue weighted by molar-refractivity contribution is 5.89. The summed E-state index contributed by atoms with van der Waals surface area (Å²) in [5, 5.41) is 0. The van der Waals surface area contributed by atoms with E-state index in [1.165, 1.54) is 7.11 Å². The number of pyridine rings is 1. The van der Waals surface area contributed by atoms with E-state index in [-0.39, 0.29) is 5.97 Å². The largest absolute Gasteiger partial charge is 0.465 e. The van der Waals surface area contributed by atoms with Gasteiger partial charge in [0.15, 0.2) is 0 Å². The lowest BCUT2D eigenvalue weighted by molar-refractivity contribution is 0.0600. The first-order chi connectivity index (χ1) is 8.29. The molecule has 0 fully saturated rings. The van der Waals surface area contributed by atoms with E-state index in [1.807, 2.05) is 0 Å². The number of hydrogen-bond donors (Lipinski definition) is 0. The molecule has 0 unspecified atom stereocenters. The van der Waals surface area contributed by atoms with Crippen molar-refractivity contribution in [3.8, 4) is 11.5 Å². The van der Waals surface area contributed by atoms with Crippen LogP contribution in [0.25, 0.3) is 0 Å². The highest BCUT2D eigenvalue weighted by Crippen LogP contribution is 2.20. The molecule has 0 aliphatic heterocycles. The van der Waals surface area contributed by atoms with Gasteiger partial charge in [-0.2, -0.15) is 0 Å². The second kappa shape index (κ2) is 5.12. The van der Waals surface area contributed by atoms with Crippen LogP contribution in [0, 0.1) is 0 Å². The van der Waals surface area contributed by atoms with Crippen LogP contribution >= 0.6 is 0 Å². The van der Waals surface area contributed by atoms with E-state index in [4.69, 9.17) is 4.74 Å². The molecular formula is C13H11NO3. The van der Waals surface area contributed by atoms with Gasteiger partial charge in [-0.1, -0.05) is 0 Å². The van der Waals surface area contributed by atoms with Gasteiger partial charge in [-0.25, -0.2) is 4.79 Å². The van der Waals surface area contributed by atoms with Crippen molar-refractivity contribution in [3.05, 3.63) is 54.4 Å². The van der Waals surface area contributed by atoms with Gasteiger partial charge in [0.05, 0.1) is 18.9 Å². The van der Waals surface area contributed by atoms with Crippen LogP contribution in [0.3, 0.4) is 0 Å². The number of esters is 1. The van der Waals surface area contributed by atoms with Gasteiger partial charge in [0.2, 0.25) is 0 Å². The molecule has 86 valence electrons. The Bertz CT molecular complexity index is 494. The Hall–Kier alpha value is -2.36. The summed E-state index contributed by atoms with van der Waals surface area (Å²) in [5.41, 5.74) is 0.492. The minimum Gasteiger partial charge on any atom is -0.465 e. The Morgan fingerprint density at radius 2 is 1.88 bits per heavy atom. The number of carbonyl (C=O) groups is 1. The van der Waals surface area contributed by atoms with Crippen LogP contribution in [0.2, 0.25) is 0 Å². The van der Waals surface area contributed by atoms with Crippen LogP contribution in [-0.4, -0.2) is 18.1 Å². The third kappa shape index (κ3) is 2.81. The van der Waals surface area contributed by atoms with E-state index in [0.29, 0.717) is 17.1 Å². The molecule has 0 amide bonds. The molecule has 1 aromatic carbocycles. The van der Waals surface area contributed by atoms with Crippen LogP contribution < -0.4 is 4.74 Å². The monoisotopic (exact) mass is 229 g/mol. The molecule has 17 heavy (non-hydrogen) atoms. The maximum Gasteiger partial charge on any atom is 0.337 e. The first-order valence-corrected chi connectivity index (χ1v) is 5.06. The number of carbonyl (C=O) groups excluding carboxylic acids is 1. The fourth-order valence-electron chi connectivity index (χ4n) is 1.32. The highest BCUT2D eigenvalue weighted by atomic mass is 16.5. The summed E-state index contributed by atoms with van der Waals surface area (Å²) in [6, 6.07) is 10.3. The van der Waals surface area contributed by atoms with Gasteiger partial charge in [-0.05, 0) is 36.4 Å². The molecule has 2 aromatic rings. The highest BCUT2D eigenvalue weighted by Gasteiger charge is 2.04. The maximum atomic E-state index is 11.2. The molecule has 4 nitrogen and oxygen atoms in total. The molecule has 2 rings (SSSR count). The van der Waals surface area contributed by atoms with Crippen molar-refractivity contribution in [2.45, 2.75) is 0 Å². The van der Waals surface area contributed by atoms with Gasteiger partial charge in [0, 0.05) is 6.20 Å². The first-order valence-electron chi connectivity index (χ1n) is 5.06. The zero-order valence-corrected chi connectivity index (χ0v) is 9.29. The summed E-state index contributed by atoms with van der Waals surface area (Å²) in [4.78, 5) is 15.2. The minimum absolute atomic E-state index is 0.363. The number of ether oxygens (including phenoxy) is 2. The molecule has 4 heteroatoms. The lowest BCUT2D eigenvalue weighted by atomic mass is 10.2. The van der Waals surface area contributed by atoms with Gasteiger partial charge in [0.25, 0.3) is 0 Å². The first kappa shape index (κ1) is 11.1. The van der Waals surface area contributed by atoms with E-state index in [0.717, 1.165) is 0 Å². The Kier molecular flexibility index (Phi) is 3.35. The molecule has 0 radical (unpaired) electrons. The Morgan fingerprint density at radius 3 is 2.47 bits per heavy atom. The summed E-state index contributed by atoms with van der Waals surface area (Å²) in [5.74, 6) is 0.932. The van der Waals surface area contributed by atoms with Gasteiger partial charge in [-0.3, -0.25) is 4.98 Å². The molecule has 0 spiro atoms. The van der Waals surface area contributed by atoms with E-state index >= 15 is 0 Å². The third-order valence-electron chi connectivity index (χ3n) is 2.15. The summed E-state index contributed by atoms with van der Waals surface area (Å²) in [6.07, 6.45) is 3.29. The van der Waals surface area contributed by atoms with Crippen LogP contribution in [0.15, 0.2) is 48.8 Å². The quantitative estimate of drug-likeness (QED) is 0.759. The molecule has 0 bridgehead atoms. The van der Waals surface area contributed by atoms with Crippen molar-refractivity contribution in [1.82, 2.24) is 4.98 Å². The van der Waals surface area contributed by atoms with E-state index in [1.54, 1.807) is 48.8 Å². The normalized spacial score (nSPS) is 9.71. The molecule has 0 aliphatic carbocycles. The topological polar surface area (TPSA) is 48.4 Å². The fraction of sp³-hybridized carbons (Fsp3) is 0.0769. The summed E-state index contributed by atoms with van der Waals surface area (Å²) < 4.78 is 10.1. The van der Waals surface area contributed by atoms with Crippen LogP contribution in [0.1, 0.15) is 10.4 Å². The molecular weight excluding hydrogens is 218 g/mol. The van der Waals surface area contributed by atoms with Gasteiger partial charge in [-0.15, -0.1) is 0 Å². The Morgan fingerprint density at radius 1 is 1.12 bits per heavy atom. The molecule has 1 heterocycles. The number of nitrogens with zero attached hydrogens (tertiary/aromatic N) is 1. The molecule has 0 atom stereocenters. The van der Waals surface area contributed by atoms with Crippen molar-refractivity contribution in [2.24, 2.45) is 0 Å². The van der Waals surface area contributed by atoms with Crippen LogP contribution in [-0.2, 0) is 4.74 Å². The molecule has 0 saturated heterocycles. The molecule has 0 saturated carbocycles. The average molecular weight is 229 g/mol. The van der Waals surface area contributed by atoms with Crippen molar-refractivity contribution in [2.75, 3.05) is 7.11 Å². The van der Waals surface area contributed by atoms with Crippen LogP contribution in [0.5, 0.6) is 11.5 Å². The minimum atomic E-state index is -0.363. The lowest BCUT2D eigenvalue weighted by Gasteiger charge is -2.05. The van der Waals surface area contributed by atoms with Crippen molar-refractivity contribution in [3.63, 3.8) is 0 Å². The molecule has 1 aromatic heterocycles. The molecule has 0 N–H and O–H groups in total. The van der Waals surface area contributed by atoms with Gasteiger partial charge in [0.1, 0.15) is 11.5 Å². The van der Waals surface area contributed by atoms with E-state index < -0.39 is 0 Å². The fourth-order valence-corrected chi connectivity index (χ4v) is 1.32. The Balaban J connectivity index is 2.11. The maximum absolute atomic E-state index is 11.2.